The first-order chi connectivity index (χ1) is 18.3. The molecule has 0 saturated carbocycles. The van der Waals surface area contributed by atoms with Crippen molar-refractivity contribution in [2.24, 2.45) is 17.8 Å². The van der Waals surface area contributed by atoms with E-state index in [1.807, 2.05) is 44.2 Å². The van der Waals surface area contributed by atoms with Crippen molar-refractivity contribution < 1.29 is 24.2 Å². The zero-order chi connectivity index (χ0) is 27.0. The number of ether oxygens (including phenoxy) is 1. The lowest BCUT2D eigenvalue weighted by Gasteiger charge is -2.38. The predicted octanol–water partition coefficient (Wildman–Crippen LogP) is 3.38. The van der Waals surface area contributed by atoms with Crippen LogP contribution < -0.4 is 10.6 Å². The smallest absolute Gasteiger partial charge is 0.250 e. The second-order valence-corrected chi connectivity index (χ2v) is 11.0. The Kier molecular flexibility index (Phi) is 7.49. The summed E-state index contributed by atoms with van der Waals surface area (Å²) in [6.07, 6.45) is 1.31. The lowest BCUT2D eigenvalue weighted by molar-refractivity contribution is -0.145. The van der Waals surface area contributed by atoms with Gasteiger partial charge in [-0.1, -0.05) is 74.3 Å². The second-order valence-electron chi connectivity index (χ2n) is 10.6. The largest absolute Gasteiger partial charge is 0.394 e. The van der Waals surface area contributed by atoms with Crippen LogP contribution in [-0.2, 0) is 25.7 Å². The summed E-state index contributed by atoms with van der Waals surface area (Å²) >= 11 is 6.32. The number of nitrogens with one attached hydrogen (secondary N) is 2. The van der Waals surface area contributed by atoms with E-state index in [2.05, 4.69) is 10.6 Å². The van der Waals surface area contributed by atoms with Crippen LogP contribution >= 0.6 is 11.6 Å². The maximum atomic E-state index is 14.2. The average molecular weight is 540 g/mol. The van der Waals surface area contributed by atoms with Crippen molar-refractivity contribution in [1.82, 2.24) is 10.2 Å². The van der Waals surface area contributed by atoms with Crippen LogP contribution in [0.1, 0.15) is 38.7 Å². The number of likely N-dealkylation sites (tertiary alicyclic amines) is 1. The molecule has 7 atom stereocenters. The summed E-state index contributed by atoms with van der Waals surface area (Å²) in [6.45, 7) is 3.97. The molecule has 3 N–H and O–H groups in total. The van der Waals surface area contributed by atoms with Crippen molar-refractivity contribution in [3.8, 4) is 0 Å². The molecule has 2 aromatic carbocycles. The van der Waals surface area contributed by atoms with Crippen molar-refractivity contribution >= 4 is 35.0 Å². The quantitative estimate of drug-likeness (QED) is 0.453. The van der Waals surface area contributed by atoms with Crippen LogP contribution in [0, 0.1) is 17.8 Å². The van der Waals surface area contributed by atoms with Crippen LogP contribution in [0.5, 0.6) is 0 Å². The van der Waals surface area contributed by atoms with Crippen LogP contribution in [0.4, 0.5) is 5.69 Å². The minimum absolute atomic E-state index is 0.0719. The lowest BCUT2D eigenvalue weighted by Crippen LogP contribution is -2.57. The third kappa shape index (κ3) is 4.38. The van der Waals surface area contributed by atoms with Crippen molar-refractivity contribution in [1.29, 1.82) is 0 Å². The first-order valence-electron chi connectivity index (χ1n) is 13.3. The number of hydrogen-bond acceptors (Lipinski definition) is 5. The Bertz CT molecular complexity index is 1210. The molecule has 202 valence electrons. The van der Waals surface area contributed by atoms with Gasteiger partial charge >= 0.3 is 0 Å². The summed E-state index contributed by atoms with van der Waals surface area (Å²) in [5, 5.41) is 16.6. The highest BCUT2D eigenvalue weighted by Crippen LogP contribution is 2.59. The van der Waals surface area contributed by atoms with Gasteiger partial charge in [0.15, 0.2) is 0 Å². The summed E-state index contributed by atoms with van der Waals surface area (Å²) in [6, 6.07) is 14.9. The Morgan fingerprint density at radius 2 is 1.87 bits per heavy atom. The molecule has 9 heteroatoms. The van der Waals surface area contributed by atoms with Gasteiger partial charge in [-0.3, -0.25) is 14.4 Å². The standard InChI is InChI=1S/C29H34ClN3O5/c1-3-17(2)21(16-34)33-25(27(36)32-20-12-8-7-11-19(20)30)29-14-13-22(38-29)23(24(29)28(33)37)26(35)31-15-18-9-5-4-6-10-18/h4-12,17,21-25,34H,3,13-16H2,1-2H3,(H,31,35)(H,32,36)/t17-,21-,22-,23+,24-,25?,29?/m0/s1. The fourth-order valence-corrected chi connectivity index (χ4v) is 6.71. The first-order valence-corrected chi connectivity index (χ1v) is 13.7. The third-order valence-corrected chi connectivity index (χ3v) is 8.91. The van der Waals surface area contributed by atoms with Crippen LogP contribution in [0.15, 0.2) is 54.6 Å². The molecule has 3 amide bonds. The van der Waals surface area contributed by atoms with E-state index in [-0.39, 0.29) is 24.3 Å². The van der Waals surface area contributed by atoms with Gasteiger partial charge in [0.2, 0.25) is 17.7 Å². The van der Waals surface area contributed by atoms with E-state index in [9.17, 15) is 19.5 Å². The first kappa shape index (κ1) is 26.7. The maximum absolute atomic E-state index is 14.2. The predicted molar refractivity (Wildman–Crippen MR) is 143 cm³/mol. The Morgan fingerprint density at radius 1 is 1.16 bits per heavy atom. The number of carbonyl (C=O) groups excluding carboxylic acids is 3. The van der Waals surface area contributed by atoms with Crippen LogP contribution in [0.3, 0.4) is 0 Å². The number of rotatable bonds is 9. The molecule has 3 saturated heterocycles. The lowest BCUT2D eigenvalue weighted by atomic mass is 9.70. The molecule has 38 heavy (non-hydrogen) atoms. The van der Waals surface area contributed by atoms with Crippen LogP contribution in [-0.4, -0.2) is 58.1 Å². The molecule has 8 nitrogen and oxygen atoms in total. The minimum atomic E-state index is -1.15. The number of halogens is 1. The second kappa shape index (κ2) is 10.7. The molecule has 0 aliphatic carbocycles. The van der Waals surface area contributed by atoms with Gasteiger partial charge < -0.3 is 25.4 Å². The molecule has 5 rings (SSSR count). The molecule has 3 fully saturated rings. The van der Waals surface area contributed by atoms with E-state index in [1.165, 1.54) is 4.90 Å². The fourth-order valence-electron chi connectivity index (χ4n) is 6.53. The Balaban J connectivity index is 1.49. The number of benzene rings is 2. The minimum Gasteiger partial charge on any atom is -0.394 e. The topological polar surface area (TPSA) is 108 Å². The van der Waals surface area contributed by atoms with E-state index in [4.69, 9.17) is 16.3 Å². The molecule has 2 aromatic rings. The van der Waals surface area contributed by atoms with Gasteiger partial charge in [-0.2, -0.15) is 0 Å². The summed E-state index contributed by atoms with van der Waals surface area (Å²) in [5.74, 6) is -2.59. The van der Waals surface area contributed by atoms with E-state index in [0.29, 0.717) is 36.5 Å². The highest BCUT2D eigenvalue weighted by atomic mass is 35.5. The molecule has 3 aliphatic rings. The molecule has 2 unspecified atom stereocenters. The van der Waals surface area contributed by atoms with E-state index in [0.717, 1.165) is 5.56 Å². The van der Waals surface area contributed by atoms with Gasteiger partial charge in [0, 0.05) is 6.54 Å². The molecular formula is C29H34ClN3O5. The normalized spacial score (nSPS) is 29.2. The van der Waals surface area contributed by atoms with E-state index < -0.39 is 41.5 Å². The summed E-state index contributed by atoms with van der Waals surface area (Å²) in [4.78, 5) is 43.1. The molecule has 1 spiro atoms. The van der Waals surface area contributed by atoms with E-state index >= 15 is 0 Å². The number of amides is 3. The summed E-state index contributed by atoms with van der Waals surface area (Å²) < 4.78 is 6.48. The van der Waals surface area contributed by atoms with Gasteiger partial charge in [-0.25, -0.2) is 0 Å². The Morgan fingerprint density at radius 3 is 2.55 bits per heavy atom. The number of anilines is 1. The molecule has 2 bridgehead atoms. The number of hydrogen-bond donors (Lipinski definition) is 3. The van der Waals surface area contributed by atoms with Gasteiger partial charge in [0.05, 0.1) is 41.3 Å². The molecule has 0 aromatic heterocycles. The number of aliphatic hydroxyl groups is 1. The highest BCUT2D eigenvalue weighted by molar-refractivity contribution is 6.33. The van der Waals surface area contributed by atoms with Crippen molar-refractivity contribution in [3.63, 3.8) is 0 Å². The van der Waals surface area contributed by atoms with Gasteiger partial charge in [0.1, 0.15) is 11.6 Å². The third-order valence-electron chi connectivity index (χ3n) is 8.58. The Labute approximate surface area is 227 Å². The summed E-state index contributed by atoms with van der Waals surface area (Å²) in [5.41, 5.74) is 0.233. The number of nitrogens with zero attached hydrogens (tertiary/aromatic N) is 1. The number of carbonyl (C=O) groups is 3. The molecular weight excluding hydrogens is 506 g/mol. The van der Waals surface area contributed by atoms with Gasteiger partial charge in [-0.05, 0) is 36.5 Å². The molecule has 0 radical (unpaired) electrons. The maximum Gasteiger partial charge on any atom is 0.250 e. The summed E-state index contributed by atoms with van der Waals surface area (Å²) in [7, 11) is 0. The number of para-hydroxylation sites is 1. The average Bonchev–Trinajstić information content (AvgIpc) is 3.57. The zero-order valence-corrected chi connectivity index (χ0v) is 22.4. The molecule has 3 aliphatic heterocycles. The van der Waals surface area contributed by atoms with Crippen molar-refractivity contribution in [3.05, 3.63) is 65.2 Å². The van der Waals surface area contributed by atoms with Crippen molar-refractivity contribution in [2.45, 2.75) is 63.4 Å². The van der Waals surface area contributed by atoms with Crippen LogP contribution in [0.25, 0.3) is 0 Å². The highest BCUT2D eigenvalue weighted by Gasteiger charge is 2.75. The van der Waals surface area contributed by atoms with Crippen molar-refractivity contribution in [2.75, 3.05) is 11.9 Å². The number of aliphatic hydroxyl groups excluding tert-OH is 1. The van der Waals surface area contributed by atoms with Gasteiger partial charge in [-0.15, -0.1) is 0 Å². The Hall–Kier alpha value is -2.94. The molecule has 3 heterocycles. The van der Waals surface area contributed by atoms with Gasteiger partial charge in [0.25, 0.3) is 0 Å². The van der Waals surface area contributed by atoms with E-state index in [1.54, 1.807) is 24.3 Å². The fraction of sp³-hybridized carbons (Fsp3) is 0.483. The number of fused-ring (bicyclic) bond motifs is 1. The zero-order valence-electron chi connectivity index (χ0n) is 21.6. The monoisotopic (exact) mass is 539 g/mol. The SMILES string of the molecule is CC[C@H](C)[C@H](CO)N1C(=O)[C@@H]2[C@H](C(=O)NCc3ccccc3)[C@@H]3CCC2(O3)C1C(=O)Nc1ccccc1Cl. The van der Waals surface area contributed by atoms with Crippen LogP contribution in [0.2, 0.25) is 5.02 Å².